The summed E-state index contributed by atoms with van der Waals surface area (Å²) in [6.45, 7) is 6.33. The molecule has 31 heavy (non-hydrogen) atoms. The summed E-state index contributed by atoms with van der Waals surface area (Å²) in [6.07, 6.45) is -2.98. The van der Waals surface area contributed by atoms with Gasteiger partial charge in [0.1, 0.15) is 17.0 Å². The average Bonchev–Trinajstić information content (AvgIpc) is 3.10. The summed E-state index contributed by atoms with van der Waals surface area (Å²) >= 11 is 0. The molecule has 0 saturated heterocycles. The highest BCUT2D eigenvalue weighted by Crippen LogP contribution is 2.35. The number of hydrogen-bond acceptors (Lipinski definition) is 5. The second-order valence-corrected chi connectivity index (χ2v) is 8.06. The molecule has 2 aromatic carbocycles. The van der Waals surface area contributed by atoms with Gasteiger partial charge >= 0.3 is 6.18 Å². The van der Waals surface area contributed by atoms with Crippen LogP contribution in [-0.2, 0) is 11.6 Å². The molecule has 4 rings (SSSR count). The summed E-state index contributed by atoms with van der Waals surface area (Å²) in [6, 6.07) is 14.0. The molecule has 4 aromatic rings. The Morgan fingerprint density at radius 2 is 1.74 bits per heavy atom. The fourth-order valence-corrected chi connectivity index (χ4v) is 2.98. The van der Waals surface area contributed by atoms with Gasteiger partial charge in [-0.25, -0.2) is 4.98 Å². The molecule has 0 aliphatic rings. The van der Waals surface area contributed by atoms with E-state index >= 15 is 0 Å². The third-order valence-electron chi connectivity index (χ3n) is 4.64. The van der Waals surface area contributed by atoms with E-state index in [1.165, 1.54) is 18.3 Å². The van der Waals surface area contributed by atoms with Crippen LogP contribution >= 0.6 is 0 Å². The Balaban J connectivity index is 1.61. The van der Waals surface area contributed by atoms with Crippen LogP contribution in [0.15, 0.2) is 65.2 Å². The molecule has 0 unspecified atom stereocenters. The maximum atomic E-state index is 13.0. The van der Waals surface area contributed by atoms with E-state index in [1.54, 1.807) is 12.1 Å². The second-order valence-electron chi connectivity index (χ2n) is 8.06. The maximum Gasteiger partial charge on any atom is 0.416 e. The van der Waals surface area contributed by atoms with Crippen LogP contribution in [0.1, 0.15) is 31.9 Å². The van der Waals surface area contributed by atoms with Crippen LogP contribution in [0.3, 0.4) is 0 Å². The highest BCUT2D eigenvalue weighted by atomic mass is 19.4. The van der Waals surface area contributed by atoms with Gasteiger partial charge in [-0.15, -0.1) is 0 Å². The molecule has 2 aromatic heterocycles. The van der Waals surface area contributed by atoms with Crippen molar-refractivity contribution in [2.45, 2.75) is 32.4 Å². The van der Waals surface area contributed by atoms with Crippen molar-refractivity contribution >= 4 is 22.8 Å². The van der Waals surface area contributed by atoms with Crippen molar-refractivity contribution in [3.8, 4) is 11.6 Å². The second kappa shape index (κ2) is 7.61. The Bertz CT molecular complexity index is 1230. The van der Waals surface area contributed by atoms with E-state index in [-0.39, 0.29) is 23.1 Å². The first-order valence-electron chi connectivity index (χ1n) is 9.58. The number of benzene rings is 2. The molecule has 0 amide bonds. The first-order chi connectivity index (χ1) is 14.6. The number of hydrogen-bond donors (Lipinski definition) is 1. The fourth-order valence-electron chi connectivity index (χ4n) is 2.98. The summed E-state index contributed by atoms with van der Waals surface area (Å²) < 4.78 is 50.3. The lowest BCUT2D eigenvalue weighted by Crippen LogP contribution is -2.10. The lowest BCUT2D eigenvalue weighted by molar-refractivity contribution is -0.137. The van der Waals surface area contributed by atoms with Crippen LogP contribution in [0.5, 0.6) is 11.6 Å². The highest BCUT2D eigenvalue weighted by Gasteiger charge is 2.30. The van der Waals surface area contributed by atoms with Crippen molar-refractivity contribution < 1.29 is 22.3 Å². The van der Waals surface area contributed by atoms with E-state index < -0.39 is 11.7 Å². The molecule has 5 nitrogen and oxygen atoms in total. The van der Waals surface area contributed by atoms with Crippen LogP contribution in [0, 0.1) is 0 Å². The Morgan fingerprint density at radius 1 is 0.935 bits per heavy atom. The Hall–Kier alpha value is -3.55. The molecule has 0 atom stereocenters. The van der Waals surface area contributed by atoms with E-state index in [2.05, 4.69) is 36.1 Å². The van der Waals surface area contributed by atoms with Crippen LogP contribution < -0.4 is 10.1 Å². The number of halogens is 3. The van der Waals surface area contributed by atoms with Crippen LogP contribution in [0.2, 0.25) is 0 Å². The third kappa shape index (κ3) is 4.63. The van der Waals surface area contributed by atoms with Gasteiger partial charge in [-0.3, -0.25) is 0 Å². The molecule has 8 heteroatoms. The van der Waals surface area contributed by atoms with Gasteiger partial charge in [0.15, 0.2) is 5.58 Å². The number of pyridine rings is 1. The maximum absolute atomic E-state index is 13.0. The lowest BCUT2D eigenvalue weighted by atomic mass is 9.87. The number of alkyl halides is 3. The lowest BCUT2D eigenvalue weighted by Gasteiger charge is -2.18. The number of nitrogens with one attached hydrogen (secondary N) is 1. The van der Waals surface area contributed by atoms with Crippen molar-refractivity contribution in [3.05, 3.63) is 71.9 Å². The van der Waals surface area contributed by atoms with E-state index in [0.717, 1.165) is 17.7 Å². The van der Waals surface area contributed by atoms with Crippen molar-refractivity contribution in [2.24, 2.45) is 0 Å². The number of nitrogens with zero attached hydrogens (tertiary/aromatic N) is 2. The number of oxazole rings is 1. The molecule has 0 spiro atoms. The predicted molar refractivity (Wildman–Crippen MR) is 112 cm³/mol. The molecular weight excluding hydrogens is 407 g/mol. The zero-order chi connectivity index (χ0) is 22.2. The van der Waals surface area contributed by atoms with E-state index in [1.807, 2.05) is 18.2 Å². The van der Waals surface area contributed by atoms with Gasteiger partial charge in [0.25, 0.3) is 6.01 Å². The molecule has 1 N–H and O–H groups in total. The van der Waals surface area contributed by atoms with Crippen molar-refractivity contribution in [2.75, 3.05) is 5.32 Å². The normalized spacial score (nSPS) is 12.2. The van der Waals surface area contributed by atoms with Gasteiger partial charge in [-0.1, -0.05) is 32.9 Å². The number of ether oxygens (including phenoxy) is 1. The summed E-state index contributed by atoms with van der Waals surface area (Å²) in [7, 11) is 0. The monoisotopic (exact) mass is 427 g/mol. The number of aromatic nitrogens is 2. The topological polar surface area (TPSA) is 60.2 Å². The summed E-state index contributed by atoms with van der Waals surface area (Å²) in [4.78, 5) is 8.59. The molecule has 0 saturated carbocycles. The summed E-state index contributed by atoms with van der Waals surface area (Å²) in [5.41, 5.74) is 2.00. The standard InChI is InChI=1S/C23H20F3N3O2/c1-22(2,3)14-9-10-19-18(13-14)29-21(31-19)28-17-8-5-11-27-20(17)30-16-7-4-6-15(12-16)23(24,25)26/h4-13H,1-3H3,(H,28,29). The average molecular weight is 427 g/mol. The number of fused-ring (bicyclic) bond motifs is 1. The van der Waals surface area contributed by atoms with E-state index in [0.29, 0.717) is 16.8 Å². The minimum Gasteiger partial charge on any atom is -0.437 e. The van der Waals surface area contributed by atoms with Crippen molar-refractivity contribution in [1.82, 2.24) is 9.97 Å². The zero-order valence-corrected chi connectivity index (χ0v) is 17.1. The van der Waals surface area contributed by atoms with Crippen LogP contribution in [-0.4, -0.2) is 9.97 Å². The van der Waals surface area contributed by atoms with Gasteiger partial charge in [-0.05, 0) is 53.4 Å². The number of rotatable bonds is 4. The fraction of sp³-hybridized carbons (Fsp3) is 0.217. The molecular formula is C23H20F3N3O2. The SMILES string of the molecule is CC(C)(C)c1ccc2oc(Nc3cccnc3Oc3cccc(C(F)(F)F)c3)nc2c1. The molecule has 0 aliphatic heterocycles. The third-order valence-corrected chi connectivity index (χ3v) is 4.64. The zero-order valence-electron chi connectivity index (χ0n) is 17.1. The van der Waals surface area contributed by atoms with E-state index in [9.17, 15) is 13.2 Å². The Labute approximate surface area is 176 Å². The minimum atomic E-state index is -4.46. The Kier molecular flexibility index (Phi) is 5.08. The number of anilines is 2. The molecule has 0 fully saturated rings. The van der Waals surface area contributed by atoms with Crippen LogP contribution in [0.4, 0.5) is 24.9 Å². The van der Waals surface area contributed by atoms with Gasteiger partial charge in [0.2, 0.25) is 5.88 Å². The highest BCUT2D eigenvalue weighted by molar-refractivity contribution is 5.76. The van der Waals surface area contributed by atoms with Gasteiger partial charge in [-0.2, -0.15) is 18.2 Å². The molecule has 0 radical (unpaired) electrons. The largest absolute Gasteiger partial charge is 0.437 e. The molecule has 0 aliphatic carbocycles. The predicted octanol–water partition coefficient (Wildman–Crippen LogP) is 7.08. The first kappa shape index (κ1) is 20.7. The molecule has 160 valence electrons. The van der Waals surface area contributed by atoms with Crippen molar-refractivity contribution in [1.29, 1.82) is 0 Å². The van der Waals surface area contributed by atoms with Crippen molar-refractivity contribution in [3.63, 3.8) is 0 Å². The van der Waals surface area contributed by atoms with Gasteiger partial charge in [0, 0.05) is 6.20 Å². The molecule has 2 heterocycles. The first-order valence-corrected chi connectivity index (χ1v) is 9.58. The van der Waals surface area contributed by atoms with Crippen LogP contribution in [0.25, 0.3) is 11.1 Å². The minimum absolute atomic E-state index is 0.0176. The summed E-state index contributed by atoms with van der Waals surface area (Å²) in [5.74, 6) is 0.114. The van der Waals surface area contributed by atoms with Gasteiger partial charge in [0.05, 0.1) is 5.56 Å². The van der Waals surface area contributed by atoms with Gasteiger partial charge < -0.3 is 14.5 Å². The quantitative estimate of drug-likeness (QED) is 0.377. The summed E-state index contributed by atoms with van der Waals surface area (Å²) in [5, 5.41) is 3.00. The van der Waals surface area contributed by atoms with E-state index in [4.69, 9.17) is 9.15 Å². The smallest absolute Gasteiger partial charge is 0.416 e. The Morgan fingerprint density at radius 3 is 2.48 bits per heavy atom. The molecule has 0 bridgehead atoms.